The van der Waals surface area contributed by atoms with Crippen LogP contribution in [0.3, 0.4) is 0 Å². The van der Waals surface area contributed by atoms with Crippen molar-refractivity contribution in [3.63, 3.8) is 0 Å². The molecule has 1 N–H and O–H groups in total. The van der Waals surface area contributed by atoms with Gasteiger partial charge in [0, 0.05) is 0 Å². The second-order valence-corrected chi connectivity index (χ2v) is 3.50. The number of unbranched alkanes of at least 4 members (excludes halogenated alkanes) is 4. The molecular weight excluding hydrogens is 148 g/mol. The van der Waals surface area contributed by atoms with Crippen LogP contribution in [0, 0.1) is 6.92 Å². The third-order valence-corrected chi connectivity index (χ3v) is 2.18. The summed E-state index contributed by atoms with van der Waals surface area (Å²) in [6.07, 6.45) is 9.02. The van der Waals surface area contributed by atoms with Crippen LogP contribution in [-0.4, -0.2) is 11.2 Å². The van der Waals surface area contributed by atoms with Crippen LogP contribution in [0.1, 0.15) is 58.3 Å². The molecule has 0 aliphatic heterocycles. The lowest BCUT2D eigenvalue weighted by Crippen LogP contribution is -2.04. The molecule has 0 saturated heterocycles. The number of rotatable bonds is 8. The Hall–Kier alpha value is -0.0400. The lowest BCUT2D eigenvalue weighted by Gasteiger charge is -2.09. The average Bonchev–Trinajstić information content (AvgIpc) is 2.05. The van der Waals surface area contributed by atoms with E-state index >= 15 is 0 Å². The van der Waals surface area contributed by atoms with Crippen LogP contribution in [0.5, 0.6) is 0 Å². The van der Waals surface area contributed by atoms with E-state index in [1.165, 1.54) is 32.1 Å². The van der Waals surface area contributed by atoms with Gasteiger partial charge in [0.25, 0.3) is 0 Å². The van der Waals surface area contributed by atoms with Crippen LogP contribution < -0.4 is 0 Å². The summed E-state index contributed by atoms with van der Waals surface area (Å²) in [7, 11) is 0. The Bertz CT molecular complexity index is 81.1. The SMILES string of the molecule is [CH2-]CC[C@@H](O)CCCCCCC. The highest BCUT2D eigenvalue weighted by molar-refractivity contribution is 4.56. The van der Waals surface area contributed by atoms with Crippen LogP contribution in [0.2, 0.25) is 0 Å². The minimum Gasteiger partial charge on any atom is -0.393 e. The molecule has 0 radical (unpaired) electrons. The highest BCUT2D eigenvalue weighted by atomic mass is 16.3. The van der Waals surface area contributed by atoms with Crippen molar-refractivity contribution in [2.24, 2.45) is 0 Å². The minimum absolute atomic E-state index is 0.0934. The van der Waals surface area contributed by atoms with E-state index in [0.717, 1.165) is 19.3 Å². The summed E-state index contributed by atoms with van der Waals surface area (Å²) in [6, 6.07) is 0. The molecule has 12 heavy (non-hydrogen) atoms. The standard InChI is InChI=1S/C11H23O/c1-3-5-6-7-8-10-11(12)9-4-2/h11-12H,2-10H2,1H3/q-1/t11-/m1/s1. The van der Waals surface area contributed by atoms with Crippen LogP contribution >= 0.6 is 0 Å². The van der Waals surface area contributed by atoms with Gasteiger partial charge in [0.15, 0.2) is 0 Å². The van der Waals surface area contributed by atoms with E-state index in [9.17, 15) is 5.11 Å². The zero-order valence-electron chi connectivity index (χ0n) is 8.39. The van der Waals surface area contributed by atoms with E-state index in [1.807, 2.05) is 0 Å². The molecular formula is C11H23O-. The molecule has 74 valence electrons. The second-order valence-electron chi connectivity index (χ2n) is 3.50. The van der Waals surface area contributed by atoms with Gasteiger partial charge in [0.05, 0.1) is 6.10 Å². The molecule has 0 unspecified atom stereocenters. The molecule has 0 rings (SSSR count). The fourth-order valence-corrected chi connectivity index (χ4v) is 1.36. The van der Waals surface area contributed by atoms with E-state index in [0.29, 0.717) is 0 Å². The van der Waals surface area contributed by atoms with Gasteiger partial charge in [-0.1, -0.05) is 45.4 Å². The molecule has 1 nitrogen and oxygen atoms in total. The molecule has 0 fully saturated rings. The maximum Gasteiger partial charge on any atom is 0.0515 e. The normalized spacial score (nSPS) is 13.2. The lowest BCUT2D eigenvalue weighted by molar-refractivity contribution is 0.152. The first kappa shape index (κ1) is 12.0. The Kier molecular flexibility index (Phi) is 9.02. The lowest BCUT2D eigenvalue weighted by atomic mass is 10.1. The topological polar surface area (TPSA) is 20.2 Å². The van der Waals surface area contributed by atoms with Crippen molar-refractivity contribution in [2.75, 3.05) is 0 Å². The first-order chi connectivity index (χ1) is 5.81. The fourth-order valence-electron chi connectivity index (χ4n) is 1.36. The summed E-state index contributed by atoms with van der Waals surface area (Å²) < 4.78 is 0. The Morgan fingerprint density at radius 3 is 2.33 bits per heavy atom. The first-order valence-electron chi connectivity index (χ1n) is 5.28. The zero-order chi connectivity index (χ0) is 9.23. The van der Waals surface area contributed by atoms with Gasteiger partial charge < -0.3 is 12.0 Å². The summed E-state index contributed by atoms with van der Waals surface area (Å²) in [4.78, 5) is 0. The van der Waals surface area contributed by atoms with Gasteiger partial charge in [-0.25, -0.2) is 0 Å². The van der Waals surface area contributed by atoms with Gasteiger partial charge in [-0.3, -0.25) is 0 Å². The van der Waals surface area contributed by atoms with Crippen molar-refractivity contribution in [1.82, 2.24) is 0 Å². The molecule has 0 aliphatic carbocycles. The smallest absolute Gasteiger partial charge is 0.0515 e. The summed E-state index contributed by atoms with van der Waals surface area (Å²) in [5.41, 5.74) is 0. The second kappa shape index (κ2) is 9.05. The molecule has 0 bridgehead atoms. The Morgan fingerprint density at radius 2 is 1.75 bits per heavy atom. The molecule has 0 aliphatic rings. The maximum atomic E-state index is 9.37. The fraction of sp³-hybridized carbons (Fsp3) is 0.909. The van der Waals surface area contributed by atoms with Crippen molar-refractivity contribution >= 4 is 0 Å². The van der Waals surface area contributed by atoms with Crippen molar-refractivity contribution in [3.8, 4) is 0 Å². The molecule has 0 amide bonds. The third kappa shape index (κ3) is 8.06. The zero-order valence-corrected chi connectivity index (χ0v) is 8.39. The molecule has 0 spiro atoms. The van der Waals surface area contributed by atoms with E-state index < -0.39 is 0 Å². The maximum absolute atomic E-state index is 9.37. The van der Waals surface area contributed by atoms with Gasteiger partial charge in [0.1, 0.15) is 0 Å². The third-order valence-electron chi connectivity index (χ3n) is 2.18. The van der Waals surface area contributed by atoms with E-state index in [2.05, 4.69) is 13.8 Å². The highest BCUT2D eigenvalue weighted by Crippen LogP contribution is 2.09. The highest BCUT2D eigenvalue weighted by Gasteiger charge is 1.99. The van der Waals surface area contributed by atoms with Crippen molar-refractivity contribution < 1.29 is 5.11 Å². The quantitative estimate of drug-likeness (QED) is 0.439. The average molecular weight is 171 g/mol. The minimum atomic E-state index is -0.0934. The predicted molar refractivity (Wildman–Crippen MR) is 54.0 cm³/mol. The molecule has 0 heterocycles. The predicted octanol–water partition coefficient (Wildman–Crippen LogP) is 3.32. The summed E-state index contributed by atoms with van der Waals surface area (Å²) in [5, 5.41) is 9.37. The van der Waals surface area contributed by atoms with Crippen LogP contribution in [0.4, 0.5) is 0 Å². The molecule has 0 aromatic carbocycles. The number of aliphatic hydroxyl groups is 1. The van der Waals surface area contributed by atoms with E-state index in [-0.39, 0.29) is 6.10 Å². The van der Waals surface area contributed by atoms with Crippen LogP contribution in [-0.2, 0) is 0 Å². The van der Waals surface area contributed by atoms with Gasteiger partial charge in [-0.2, -0.15) is 6.42 Å². The number of hydrogen-bond acceptors (Lipinski definition) is 1. The largest absolute Gasteiger partial charge is 0.393 e. The van der Waals surface area contributed by atoms with E-state index in [1.54, 1.807) is 0 Å². The monoisotopic (exact) mass is 171 g/mol. The molecule has 0 aromatic rings. The van der Waals surface area contributed by atoms with Gasteiger partial charge in [-0.15, -0.1) is 0 Å². The number of hydrogen-bond donors (Lipinski definition) is 1. The van der Waals surface area contributed by atoms with Crippen molar-refractivity contribution in [2.45, 2.75) is 64.4 Å². The van der Waals surface area contributed by atoms with Crippen LogP contribution in [0.25, 0.3) is 0 Å². The van der Waals surface area contributed by atoms with Gasteiger partial charge in [0.2, 0.25) is 0 Å². The van der Waals surface area contributed by atoms with Crippen LogP contribution in [0.15, 0.2) is 0 Å². The molecule has 0 saturated carbocycles. The first-order valence-corrected chi connectivity index (χ1v) is 5.28. The van der Waals surface area contributed by atoms with Gasteiger partial charge >= 0.3 is 0 Å². The summed E-state index contributed by atoms with van der Waals surface area (Å²) in [5.74, 6) is 0. The Morgan fingerprint density at radius 1 is 1.08 bits per heavy atom. The summed E-state index contributed by atoms with van der Waals surface area (Å²) >= 11 is 0. The van der Waals surface area contributed by atoms with Crippen molar-refractivity contribution in [3.05, 3.63) is 6.92 Å². The van der Waals surface area contributed by atoms with E-state index in [4.69, 9.17) is 0 Å². The summed E-state index contributed by atoms with van der Waals surface area (Å²) in [6.45, 7) is 5.94. The van der Waals surface area contributed by atoms with Crippen molar-refractivity contribution in [1.29, 1.82) is 0 Å². The van der Waals surface area contributed by atoms with Gasteiger partial charge in [-0.05, 0) is 6.42 Å². The Labute approximate surface area is 77.2 Å². The Balaban J connectivity index is 2.97. The molecule has 1 heteroatoms. The number of aliphatic hydroxyl groups excluding tert-OH is 1. The molecule has 1 atom stereocenters. The molecule has 0 aromatic heterocycles.